The largest absolute Gasteiger partial charge is 0.305 e. The monoisotopic (exact) mass is 194 g/mol. The van der Waals surface area contributed by atoms with Gasteiger partial charge >= 0.3 is 0 Å². The van der Waals surface area contributed by atoms with Crippen LogP contribution in [0.4, 0.5) is 0 Å². The Kier molecular flexibility index (Phi) is 5.44. The third-order valence-corrected chi connectivity index (χ3v) is 3.14. The van der Waals surface area contributed by atoms with Gasteiger partial charge < -0.3 is 4.90 Å². The molecule has 1 N–H and O–H groups in total. The Morgan fingerprint density at radius 2 is 1.92 bits per heavy atom. The summed E-state index contributed by atoms with van der Waals surface area (Å²) in [5.74, 6) is 0.156. The van der Waals surface area contributed by atoms with Gasteiger partial charge in [-0.05, 0) is 20.5 Å². The normalized spacial score (nSPS) is 12.3. The molecule has 0 aliphatic carbocycles. The van der Waals surface area contributed by atoms with Crippen LogP contribution < -0.4 is 4.72 Å². The average Bonchev–Trinajstić information content (AvgIpc) is 2.04. The first-order valence-corrected chi connectivity index (χ1v) is 5.83. The lowest BCUT2D eigenvalue weighted by molar-refractivity contribution is 0.358. The van der Waals surface area contributed by atoms with E-state index in [9.17, 15) is 8.42 Å². The minimum atomic E-state index is -3.00. The molecule has 0 amide bonds. The van der Waals surface area contributed by atoms with E-state index in [-0.39, 0.29) is 5.75 Å². The molecule has 0 aromatic carbocycles. The Morgan fingerprint density at radius 3 is 2.33 bits per heavy atom. The summed E-state index contributed by atoms with van der Waals surface area (Å²) in [6.07, 6.45) is 0. The van der Waals surface area contributed by atoms with Crippen LogP contribution in [0.25, 0.3) is 0 Å². The van der Waals surface area contributed by atoms with Crippen molar-refractivity contribution >= 4 is 10.0 Å². The molecule has 0 aromatic heterocycles. The average molecular weight is 194 g/mol. The zero-order valence-corrected chi connectivity index (χ0v) is 8.82. The number of nitrogens with zero attached hydrogens (tertiary/aromatic N) is 1. The molecule has 0 aromatic rings. The number of sulfonamides is 1. The van der Waals surface area contributed by atoms with E-state index in [1.54, 1.807) is 6.92 Å². The molecule has 0 saturated carbocycles. The quantitative estimate of drug-likeness (QED) is 0.641. The molecule has 0 rings (SSSR count). The van der Waals surface area contributed by atoms with Crippen LogP contribution in [-0.4, -0.2) is 45.8 Å². The predicted octanol–water partition coefficient (Wildman–Crippen LogP) is -0.123. The third-order valence-electron chi connectivity index (χ3n) is 1.74. The lowest BCUT2D eigenvalue weighted by Gasteiger charge is -2.13. The van der Waals surface area contributed by atoms with Gasteiger partial charge in [0.15, 0.2) is 0 Å². The van der Waals surface area contributed by atoms with Gasteiger partial charge in [0.2, 0.25) is 10.0 Å². The molecule has 4 nitrogen and oxygen atoms in total. The van der Waals surface area contributed by atoms with E-state index in [0.29, 0.717) is 6.54 Å². The van der Waals surface area contributed by atoms with E-state index in [1.165, 1.54) is 0 Å². The SMILES string of the molecule is CCN(C)CCNS(=O)(=O)CC. The van der Waals surface area contributed by atoms with Crippen LogP contribution in [0.15, 0.2) is 0 Å². The van der Waals surface area contributed by atoms with Gasteiger partial charge in [-0.2, -0.15) is 0 Å². The van der Waals surface area contributed by atoms with Gasteiger partial charge in [0, 0.05) is 13.1 Å². The number of likely N-dealkylation sites (N-methyl/N-ethyl adjacent to an activating group) is 1. The van der Waals surface area contributed by atoms with Crippen molar-refractivity contribution in [2.75, 3.05) is 32.4 Å². The van der Waals surface area contributed by atoms with Crippen molar-refractivity contribution in [2.45, 2.75) is 13.8 Å². The second-order valence-corrected chi connectivity index (χ2v) is 4.79. The molecule has 0 aliphatic rings. The van der Waals surface area contributed by atoms with Crippen molar-refractivity contribution in [3.05, 3.63) is 0 Å². The maximum Gasteiger partial charge on any atom is 0.211 e. The van der Waals surface area contributed by atoms with E-state index < -0.39 is 10.0 Å². The van der Waals surface area contributed by atoms with Gasteiger partial charge in [-0.1, -0.05) is 6.92 Å². The second-order valence-electron chi connectivity index (χ2n) is 2.69. The molecule has 0 spiro atoms. The first-order chi connectivity index (χ1) is 5.52. The Morgan fingerprint density at radius 1 is 1.33 bits per heavy atom. The maximum atomic E-state index is 10.9. The van der Waals surface area contributed by atoms with Crippen LogP contribution in [0, 0.1) is 0 Å². The van der Waals surface area contributed by atoms with Gasteiger partial charge in [-0.25, -0.2) is 13.1 Å². The Hall–Kier alpha value is -0.130. The van der Waals surface area contributed by atoms with Gasteiger partial charge in [0.1, 0.15) is 0 Å². The van der Waals surface area contributed by atoms with Crippen molar-refractivity contribution in [1.82, 2.24) is 9.62 Å². The van der Waals surface area contributed by atoms with Crippen molar-refractivity contribution in [2.24, 2.45) is 0 Å². The molecule has 0 atom stereocenters. The molecule has 0 fully saturated rings. The molecule has 0 aliphatic heterocycles. The highest BCUT2D eigenvalue weighted by atomic mass is 32.2. The second kappa shape index (κ2) is 5.50. The summed E-state index contributed by atoms with van der Waals surface area (Å²) in [6, 6.07) is 0. The number of hydrogen-bond donors (Lipinski definition) is 1. The summed E-state index contributed by atoms with van der Waals surface area (Å²) >= 11 is 0. The molecular formula is C7H18N2O2S. The molecule has 0 heterocycles. The summed E-state index contributed by atoms with van der Waals surface area (Å²) in [4.78, 5) is 2.05. The van der Waals surface area contributed by atoms with Crippen LogP contribution in [0.2, 0.25) is 0 Å². The van der Waals surface area contributed by atoms with Crippen LogP contribution in [0.3, 0.4) is 0 Å². The van der Waals surface area contributed by atoms with Crippen molar-refractivity contribution in [3.63, 3.8) is 0 Å². The summed E-state index contributed by atoms with van der Waals surface area (Å²) in [5.41, 5.74) is 0. The lowest BCUT2D eigenvalue weighted by Crippen LogP contribution is -2.33. The molecule has 0 bridgehead atoms. The minimum absolute atomic E-state index is 0.156. The number of nitrogens with one attached hydrogen (secondary N) is 1. The fraction of sp³-hybridized carbons (Fsp3) is 1.00. The van der Waals surface area contributed by atoms with Gasteiger partial charge in [-0.3, -0.25) is 0 Å². The first kappa shape index (κ1) is 11.9. The highest BCUT2D eigenvalue weighted by molar-refractivity contribution is 7.89. The van der Waals surface area contributed by atoms with Crippen molar-refractivity contribution in [3.8, 4) is 0 Å². The maximum absolute atomic E-state index is 10.9. The fourth-order valence-corrected chi connectivity index (χ4v) is 1.26. The molecule has 12 heavy (non-hydrogen) atoms. The van der Waals surface area contributed by atoms with E-state index in [0.717, 1.165) is 13.1 Å². The minimum Gasteiger partial charge on any atom is -0.305 e. The molecular weight excluding hydrogens is 176 g/mol. The number of rotatable bonds is 6. The standard InChI is InChI=1S/C7H18N2O2S/c1-4-9(3)7-6-8-12(10,11)5-2/h8H,4-7H2,1-3H3. The lowest BCUT2D eigenvalue weighted by atomic mass is 10.5. The summed E-state index contributed by atoms with van der Waals surface area (Å²) in [6.45, 7) is 5.87. The van der Waals surface area contributed by atoms with Crippen molar-refractivity contribution < 1.29 is 8.42 Å². The fourth-order valence-electron chi connectivity index (χ4n) is 0.652. The van der Waals surface area contributed by atoms with E-state index in [1.807, 2.05) is 14.0 Å². The molecule has 0 saturated heterocycles. The van der Waals surface area contributed by atoms with E-state index in [2.05, 4.69) is 9.62 Å². The molecule has 74 valence electrons. The Labute approximate surface area is 75.0 Å². The van der Waals surface area contributed by atoms with Crippen LogP contribution in [0.1, 0.15) is 13.8 Å². The smallest absolute Gasteiger partial charge is 0.211 e. The Bertz CT molecular complexity index is 201. The topological polar surface area (TPSA) is 49.4 Å². The third kappa shape index (κ3) is 5.51. The first-order valence-electron chi connectivity index (χ1n) is 4.17. The zero-order valence-electron chi connectivity index (χ0n) is 8.00. The number of hydrogen-bond acceptors (Lipinski definition) is 3. The molecule has 5 heteroatoms. The van der Waals surface area contributed by atoms with Gasteiger partial charge in [0.25, 0.3) is 0 Å². The van der Waals surface area contributed by atoms with Crippen LogP contribution in [-0.2, 0) is 10.0 Å². The van der Waals surface area contributed by atoms with Gasteiger partial charge in [0.05, 0.1) is 5.75 Å². The van der Waals surface area contributed by atoms with E-state index >= 15 is 0 Å². The highest BCUT2D eigenvalue weighted by Crippen LogP contribution is 1.83. The Balaban J connectivity index is 3.57. The molecule has 0 unspecified atom stereocenters. The zero-order chi connectivity index (χ0) is 9.61. The highest BCUT2D eigenvalue weighted by Gasteiger charge is 2.04. The van der Waals surface area contributed by atoms with E-state index in [4.69, 9.17) is 0 Å². The molecule has 0 radical (unpaired) electrons. The predicted molar refractivity (Wildman–Crippen MR) is 50.6 cm³/mol. The summed E-state index contributed by atoms with van der Waals surface area (Å²) in [7, 11) is -1.04. The summed E-state index contributed by atoms with van der Waals surface area (Å²) in [5, 5.41) is 0. The summed E-state index contributed by atoms with van der Waals surface area (Å²) < 4.78 is 24.4. The van der Waals surface area contributed by atoms with Crippen LogP contribution >= 0.6 is 0 Å². The van der Waals surface area contributed by atoms with Gasteiger partial charge in [-0.15, -0.1) is 0 Å². The van der Waals surface area contributed by atoms with Crippen molar-refractivity contribution in [1.29, 1.82) is 0 Å². The van der Waals surface area contributed by atoms with Crippen LogP contribution in [0.5, 0.6) is 0 Å².